The third-order valence-electron chi connectivity index (χ3n) is 5.62. The molecule has 1 aliphatic carbocycles. The number of hydrogen-bond acceptors (Lipinski definition) is 2. The molecular weight excluding hydrogens is 377 g/mol. The number of hydrogen-bond donors (Lipinski definition) is 1. The molecule has 1 N–H and O–H groups in total. The molecule has 2 fully saturated rings. The number of benzene rings is 1. The van der Waals surface area contributed by atoms with E-state index in [9.17, 15) is 18.0 Å². The number of carbonyl (C=O) groups is 1. The monoisotopic (exact) mass is 404 g/mol. The fourth-order valence-corrected chi connectivity index (χ4v) is 3.55. The van der Waals surface area contributed by atoms with Crippen LogP contribution in [0.3, 0.4) is 0 Å². The second-order valence-corrected chi connectivity index (χ2v) is 8.12. The van der Waals surface area contributed by atoms with Gasteiger partial charge in [-0.3, -0.25) is 4.79 Å². The van der Waals surface area contributed by atoms with Gasteiger partial charge in [0.15, 0.2) is 0 Å². The van der Waals surface area contributed by atoms with Crippen LogP contribution in [0.2, 0.25) is 0 Å². The van der Waals surface area contributed by atoms with E-state index >= 15 is 0 Å². The van der Waals surface area contributed by atoms with Gasteiger partial charge < -0.3 is 10.2 Å². The Balaban J connectivity index is 0.00000261. The first kappa shape index (κ1) is 22.0. The van der Waals surface area contributed by atoms with E-state index in [1.807, 2.05) is 0 Å². The maximum atomic E-state index is 13.0. The lowest BCUT2D eigenvalue weighted by Crippen LogP contribution is -2.50. The lowest BCUT2D eigenvalue weighted by atomic mass is 9.82. The largest absolute Gasteiger partial charge is 0.416 e. The third kappa shape index (κ3) is 5.38. The van der Waals surface area contributed by atoms with Crippen LogP contribution in [0.5, 0.6) is 0 Å². The average Bonchev–Trinajstić information content (AvgIpc) is 3.43. The number of nitrogens with one attached hydrogen (secondary N) is 1. The van der Waals surface area contributed by atoms with E-state index in [0.29, 0.717) is 24.7 Å². The number of amides is 1. The van der Waals surface area contributed by atoms with Gasteiger partial charge >= 0.3 is 6.18 Å². The maximum Gasteiger partial charge on any atom is 0.416 e. The van der Waals surface area contributed by atoms with Gasteiger partial charge in [0.25, 0.3) is 0 Å². The van der Waals surface area contributed by atoms with Crippen molar-refractivity contribution in [1.82, 2.24) is 10.2 Å². The summed E-state index contributed by atoms with van der Waals surface area (Å²) >= 11 is 0. The van der Waals surface area contributed by atoms with Crippen molar-refractivity contribution in [3.05, 3.63) is 35.4 Å². The summed E-state index contributed by atoms with van der Waals surface area (Å²) in [6.45, 7) is 5.80. The van der Waals surface area contributed by atoms with E-state index < -0.39 is 17.2 Å². The smallest absolute Gasteiger partial charge is 0.342 e. The van der Waals surface area contributed by atoms with Crippen molar-refractivity contribution < 1.29 is 18.0 Å². The zero-order chi connectivity index (χ0) is 18.9. The average molecular weight is 405 g/mol. The molecule has 1 aromatic carbocycles. The Kier molecular flexibility index (Phi) is 6.85. The van der Waals surface area contributed by atoms with Crippen LogP contribution in [-0.4, -0.2) is 36.5 Å². The van der Waals surface area contributed by atoms with Gasteiger partial charge in [-0.25, -0.2) is 0 Å². The predicted molar refractivity (Wildman–Crippen MR) is 102 cm³/mol. The molecule has 0 bridgehead atoms. The maximum absolute atomic E-state index is 13.0. The number of likely N-dealkylation sites (tertiary alicyclic amines) is 1. The Morgan fingerprint density at radius 3 is 2.26 bits per heavy atom. The molecule has 0 aromatic heterocycles. The van der Waals surface area contributed by atoms with Crippen LogP contribution in [0.25, 0.3) is 0 Å². The Morgan fingerprint density at radius 1 is 1.11 bits per heavy atom. The van der Waals surface area contributed by atoms with Gasteiger partial charge in [0.05, 0.1) is 11.0 Å². The number of piperidine rings is 1. The fraction of sp³-hybridized carbons (Fsp3) is 0.650. The Morgan fingerprint density at radius 2 is 1.70 bits per heavy atom. The van der Waals surface area contributed by atoms with Crippen LogP contribution in [0.1, 0.15) is 50.7 Å². The van der Waals surface area contributed by atoms with Crippen molar-refractivity contribution in [1.29, 1.82) is 0 Å². The first-order chi connectivity index (χ1) is 12.2. The summed E-state index contributed by atoms with van der Waals surface area (Å²) in [7, 11) is 0. The molecule has 27 heavy (non-hydrogen) atoms. The SMILES string of the molecule is CC(C)(C(=O)N1CCC(NCC2CC2)CC1)c1cccc(C(F)(F)F)c1.Cl. The Labute approximate surface area is 165 Å². The van der Waals surface area contributed by atoms with Crippen molar-refractivity contribution >= 4 is 18.3 Å². The van der Waals surface area contributed by atoms with Crippen molar-refractivity contribution in [3.63, 3.8) is 0 Å². The molecule has 1 amide bonds. The molecule has 0 radical (unpaired) electrons. The van der Waals surface area contributed by atoms with E-state index in [0.717, 1.165) is 37.4 Å². The molecule has 0 atom stereocenters. The quantitative estimate of drug-likeness (QED) is 0.789. The molecule has 1 aromatic rings. The number of alkyl halides is 3. The lowest BCUT2D eigenvalue weighted by Gasteiger charge is -2.37. The van der Waals surface area contributed by atoms with Crippen LogP contribution in [0, 0.1) is 5.92 Å². The molecule has 2 aliphatic rings. The summed E-state index contributed by atoms with van der Waals surface area (Å²) in [4.78, 5) is 14.8. The topological polar surface area (TPSA) is 32.3 Å². The summed E-state index contributed by atoms with van der Waals surface area (Å²) in [6, 6.07) is 5.57. The molecule has 152 valence electrons. The minimum absolute atomic E-state index is 0. The van der Waals surface area contributed by atoms with Crippen LogP contribution < -0.4 is 5.32 Å². The van der Waals surface area contributed by atoms with E-state index in [1.165, 1.54) is 18.9 Å². The van der Waals surface area contributed by atoms with Gasteiger partial charge in [-0.05, 0) is 63.6 Å². The van der Waals surface area contributed by atoms with Gasteiger partial charge in [0.2, 0.25) is 5.91 Å². The Bertz CT molecular complexity index is 651. The molecule has 7 heteroatoms. The molecule has 3 nitrogen and oxygen atoms in total. The van der Waals surface area contributed by atoms with Gasteiger partial charge in [0, 0.05) is 19.1 Å². The number of rotatable bonds is 5. The van der Waals surface area contributed by atoms with Crippen LogP contribution in [-0.2, 0) is 16.4 Å². The van der Waals surface area contributed by atoms with Gasteiger partial charge in [-0.2, -0.15) is 13.2 Å². The highest BCUT2D eigenvalue weighted by molar-refractivity contribution is 5.87. The minimum Gasteiger partial charge on any atom is -0.342 e. The number of carbonyl (C=O) groups excluding carboxylic acids is 1. The normalized spacial score (nSPS) is 18.9. The van der Waals surface area contributed by atoms with E-state index in [-0.39, 0.29) is 18.3 Å². The number of nitrogens with zero attached hydrogens (tertiary/aromatic N) is 1. The van der Waals surface area contributed by atoms with Crippen LogP contribution in [0.15, 0.2) is 24.3 Å². The molecular formula is C20H28ClF3N2O. The summed E-state index contributed by atoms with van der Waals surface area (Å²) in [5, 5.41) is 3.57. The zero-order valence-corrected chi connectivity index (χ0v) is 16.6. The summed E-state index contributed by atoms with van der Waals surface area (Å²) in [5.41, 5.74) is -1.28. The van der Waals surface area contributed by atoms with Crippen molar-refractivity contribution in [2.24, 2.45) is 5.92 Å². The highest BCUT2D eigenvalue weighted by Crippen LogP contribution is 2.34. The van der Waals surface area contributed by atoms with E-state index in [2.05, 4.69) is 5.32 Å². The second kappa shape index (κ2) is 8.39. The van der Waals surface area contributed by atoms with Crippen molar-refractivity contribution in [2.45, 2.75) is 57.2 Å². The van der Waals surface area contributed by atoms with E-state index in [4.69, 9.17) is 0 Å². The molecule has 0 spiro atoms. The van der Waals surface area contributed by atoms with Gasteiger partial charge in [-0.15, -0.1) is 12.4 Å². The molecule has 1 heterocycles. The van der Waals surface area contributed by atoms with Gasteiger partial charge in [0.1, 0.15) is 0 Å². The third-order valence-corrected chi connectivity index (χ3v) is 5.62. The van der Waals surface area contributed by atoms with Crippen molar-refractivity contribution in [2.75, 3.05) is 19.6 Å². The molecule has 1 aliphatic heterocycles. The first-order valence-electron chi connectivity index (χ1n) is 9.38. The van der Waals surface area contributed by atoms with Gasteiger partial charge in [-0.1, -0.05) is 18.2 Å². The molecule has 1 saturated carbocycles. The molecule has 1 saturated heterocycles. The summed E-state index contributed by atoms with van der Waals surface area (Å²) in [5.74, 6) is 0.729. The van der Waals surface area contributed by atoms with Crippen LogP contribution >= 0.6 is 12.4 Å². The van der Waals surface area contributed by atoms with Crippen LogP contribution in [0.4, 0.5) is 13.2 Å². The molecule has 3 rings (SSSR count). The first-order valence-corrected chi connectivity index (χ1v) is 9.38. The Hall–Kier alpha value is -1.27. The fourth-order valence-electron chi connectivity index (χ4n) is 3.55. The predicted octanol–water partition coefficient (Wildman–Crippen LogP) is 4.40. The van der Waals surface area contributed by atoms with E-state index in [1.54, 1.807) is 24.8 Å². The second-order valence-electron chi connectivity index (χ2n) is 8.12. The summed E-state index contributed by atoms with van der Waals surface area (Å²) < 4.78 is 39.0. The van der Waals surface area contributed by atoms with Crippen molar-refractivity contribution in [3.8, 4) is 0 Å². The lowest BCUT2D eigenvalue weighted by molar-refractivity contribution is -0.139. The zero-order valence-electron chi connectivity index (χ0n) is 15.8. The number of halogens is 4. The highest BCUT2D eigenvalue weighted by Gasteiger charge is 2.38. The summed E-state index contributed by atoms with van der Waals surface area (Å²) in [6.07, 6.45) is 0.0278. The minimum atomic E-state index is -4.40. The standard InChI is InChI=1S/C20H27F3N2O.ClH/c1-19(2,15-4-3-5-16(12-15)20(21,22)23)18(26)25-10-8-17(9-11-25)24-13-14-6-7-14;/h3-5,12,14,17,24H,6-11,13H2,1-2H3;1H. The molecule has 0 unspecified atom stereocenters. The highest BCUT2D eigenvalue weighted by atomic mass is 35.5.